The molecule has 1 heterocycles. The quantitative estimate of drug-likeness (QED) is 0.644. The lowest BCUT2D eigenvalue weighted by atomic mass is 10.3. The first-order chi connectivity index (χ1) is 7.65. The Hall–Kier alpha value is -1.73. The molecule has 7 heteroatoms. The summed E-state index contributed by atoms with van der Waals surface area (Å²) in [6, 6.07) is 0. The second-order valence-corrected chi connectivity index (χ2v) is 2.92. The summed E-state index contributed by atoms with van der Waals surface area (Å²) in [5.41, 5.74) is -1.08. The topological polar surface area (TPSA) is 102 Å². The first-order valence-corrected chi connectivity index (χ1v) is 4.53. The molecule has 2 N–H and O–H groups in total. The van der Waals surface area contributed by atoms with Crippen LogP contribution in [0.1, 0.15) is 16.2 Å². The van der Waals surface area contributed by atoms with E-state index in [0.717, 1.165) is 6.20 Å². The Morgan fingerprint density at radius 3 is 2.88 bits per heavy atom. The number of hydrogen-bond acceptors (Lipinski definition) is 5. The molecule has 1 aromatic heterocycles. The van der Waals surface area contributed by atoms with Gasteiger partial charge in [0.2, 0.25) is 0 Å². The van der Waals surface area contributed by atoms with Gasteiger partial charge >= 0.3 is 5.97 Å². The van der Waals surface area contributed by atoms with Crippen LogP contribution in [0.2, 0.25) is 0 Å². The summed E-state index contributed by atoms with van der Waals surface area (Å²) in [4.78, 5) is 27.8. The van der Waals surface area contributed by atoms with E-state index in [4.69, 9.17) is 14.6 Å². The minimum Gasteiger partial charge on any atom is -0.477 e. The Balaban J connectivity index is 2.60. The van der Waals surface area contributed by atoms with E-state index >= 15 is 0 Å². The van der Waals surface area contributed by atoms with Gasteiger partial charge in [-0.15, -0.1) is 0 Å². The fraction of sp³-hybridized carbons (Fsp3) is 0.444. The first kappa shape index (κ1) is 12.3. The van der Waals surface area contributed by atoms with Crippen LogP contribution < -0.4 is 5.56 Å². The van der Waals surface area contributed by atoms with Crippen LogP contribution in [-0.4, -0.2) is 41.4 Å². The second-order valence-electron chi connectivity index (χ2n) is 2.92. The van der Waals surface area contributed by atoms with Gasteiger partial charge in [-0.25, -0.2) is 9.78 Å². The van der Waals surface area contributed by atoms with Gasteiger partial charge < -0.3 is 19.6 Å². The molecule has 0 aliphatic rings. The van der Waals surface area contributed by atoms with E-state index in [1.54, 1.807) is 7.11 Å². The van der Waals surface area contributed by atoms with Gasteiger partial charge in [0, 0.05) is 13.3 Å². The zero-order valence-corrected chi connectivity index (χ0v) is 8.73. The van der Waals surface area contributed by atoms with Crippen LogP contribution in [0.5, 0.6) is 0 Å². The predicted octanol–water partition coefficient (Wildman–Crippen LogP) is -0.369. The number of carboxylic acid groups (broad SMARTS) is 1. The van der Waals surface area contributed by atoms with Gasteiger partial charge in [-0.1, -0.05) is 0 Å². The highest BCUT2D eigenvalue weighted by Gasteiger charge is 2.09. The lowest BCUT2D eigenvalue weighted by Crippen LogP contribution is -2.20. The van der Waals surface area contributed by atoms with Crippen LogP contribution in [0, 0.1) is 0 Å². The van der Waals surface area contributed by atoms with E-state index in [0.29, 0.717) is 13.2 Å². The minimum atomic E-state index is -1.30. The number of carbonyl (C=O) groups is 1. The monoisotopic (exact) mass is 228 g/mol. The second kappa shape index (κ2) is 5.99. The molecule has 0 bridgehead atoms. The van der Waals surface area contributed by atoms with Crippen molar-refractivity contribution in [3.8, 4) is 0 Å². The fourth-order valence-corrected chi connectivity index (χ4v) is 0.969. The van der Waals surface area contributed by atoms with E-state index < -0.39 is 11.5 Å². The molecule has 0 atom stereocenters. The zero-order valence-electron chi connectivity index (χ0n) is 8.73. The summed E-state index contributed by atoms with van der Waals surface area (Å²) in [6.45, 7) is 0.927. The Kier molecular flexibility index (Phi) is 4.62. The molecular weight excluding hydrogens is 216 g/mol. The highest BCUT2D eigenvalue weighted by molar-refractivity contribution is 5.86. The molecule has 0 radical (unpaired) electrons. The van der Waals surface area contributed by atoms with Gasteiger partial charge in [0.15, 0.2) is 0 Å². The Bertz CT molecular complexity index is 415. The smallest absolute Gasteiger partial charge is 0.342 e. The number of nitrogens with zero attached hydrogens (tertiary/aromatic N) is 1. The highest BCUT2D eigenvalue weighted by atomic mass is 16.5. The Morgan fingerprint density at radius 1 is 1.56 bits per heavy atom. The molecule has 0 spiro atoms. The van der Waals surface area contributed by atoms with Crippen LogP contribution in [0.15, 0.2) is 11.0 Å². The lowest BCUT2D eigenvalue weighted by molar-refractivity contribution is 0.0583. The molecule has 1 rings (SSSR count). The van der Waals surface area contributed by atoms with Crippen molar-refractivity contribution in [3.63, 3.8) is 0 Å². The third-order valence-electron chi connectivity index (χ3n) is 1.75. The van der Waals surface area contributed by atoms with Gasteiger partial charge in [0.1, 0.15) is 18.0 Å². The van der Waals surface area contributed by atoms with E-state index in [9.17, 15) is 9.59 Å². The third kappa shape index (κ3) is 3.44. The third-order valence-corrected chi connectivity index (χ3v) is 1.75. The Labute approximate surface area is 91.0 Å². The number of ether oxygens (including phenoxy) is 2. The largest absolute Gasteiger partial charge is 0.477 e. The van der Waals surface area contributed by atoms with Crippen LogP contribution in [0.4, 0.5) is 0 Å². The van der Waals surface area contributed by atoms with E-state index in [1.807, 2.05) is 0 Å². The lowest BCUT2D eigenvalue weighted by Gasteiger charge is -2.02. The molecule has 0 saturated heterocycles. The van der Waals surface area contributed by atoms with Crippen LogP contribution in [0.25, 0.3) is 0 Å². The summed E-state index contributed by atoms with van der Waals surface area (Å²) in [6.07, 6.45) is 1.01. The molecule has 1 aromatic rings. The number of aromatic amines is 1. The maximum atomic E-state index is 11.2. The van der Waals surface area contributed by atoms with Crippen molar-refractivity contribution in [1.82, 2.24) is 9.97 Å². The zero-order chi connectivity index (χ0) is 12.0. The number of aromatic carboxylic acids is 1. The van der Waals surface area contributed by atoms with Crippen molar-refractivity contribution in [2.45, 2.75) is 6.61 Å². The maximum absolute atomic E-state index is 11.2. The minimum absolute atomic E-state index is 0.110. The number of methoxy groups -OCH3 is 1. The van der Waals surface area contributed by atoms with Gasteiger partial charge in [0.25, 0.3) is 5.56 Å². The van der Waals surface area contributed by atoms with Crippen LogP contribution in [0.3, 0.4) is 0 Å². The highest BCUT2D eigenvalue weighted by Crippen LogP contribution is 1.92. The first-order valence-electron chi connectivity index (χ1n) is 4.53. The number of nitrogens with one attached hydrogen (secondary N) is 1. The van der Waals surface area contributed by atoms with Gasteiger partial charge in [0.05, 0.1) is 13.2 Å². The molecule has 0 aliphatic heterocycles. The molecule has 16 heavy (non-hydrogen) atoms. The van der Waals surface area contributed by atoms with Gasteiger partial charge in [-0.05, 0) is 0 Å². The number of rotatable bonds is 6. The summed E-state index contributed by atoms with van der Waals surface area (Å²) < 4.78 is 9.87. The SMILES string of the molecule is COCCOCc1ncc(C(=O)O)c(=O)[nH]1. The summed E-state index contributed by atoms with van der Waals surface area (Å²) in [5.74, 6) is -1.02. The van der Waals surface area contributed by atoms with Crippen LogP contribution in [-0.2, 0) is 16.1 Å². The van der Waals surface area contributed by atoms with Crippen molar-refractivity contribution < 1.29 is 19.4 Å². The van der Waals surface area contributed by atoms with Crippen molar-refractivity contribution in [1.29, 1.82) is 0 Å². The average molecular weight is 228 g/mol. The Morgan fingerprint density at radius 2 is 2.31 bits per heavy atom. The van der Waals surface area contributed by atoms with Gasteiger partial charge in [-0.2, -0.15) is 0 Å². The standard InChI is InChI=1S/C9H12N2O5/c1-15-2-3-16-5-7-10-4-6(9(13)14)8(12)11-7/h4H,2-3,5H2,1H3,(H,13,14)(H,10,11,12). The molecular formula is C9H12N2O5. The normalized spacial score (nSPS) is 10.3. The maximum Gasteiger partial charge on any atom is 0.342 e. The summed E-state index contributed by atoms with van der Waals surface area (Å²) >= 11 is 0. The number of H-pyrrole nitrogens is 1. The number of carboxylic acids is 1. The number of aromatic nitrogens is 2. The molecule has 88 valence electrons. The molecule has 0 unspecified atom stereocenters. The molecule has 0 saturated carbocycles. The average Bonchev–Trinajstić information content (AvgIpc) is 2.24. The van der Waals surface area contributed by atoms with Crippen LogP contribution >= 0.6 is 0 Å². The van der Waals surface area contributed by atoms with Crippen molar-refractivity contribution >= 4 is 5.97 Å². The van der Waals surface area contributed by atoms with Crippen molar-refractivity contribution in [3.05, 3.63) is 27.9 Å². The predicted molar refractivity (Wildman–Crippen MR) is 53.3 cm³/mol. The van der Waals surface area contributed by atoms with E-state index in [2.05, 4.69) is 9.97 Å². The molecule has 7 nitrogen and oxygen atoms in total. The summed E-state index contributed by atoms with van der Waals surface area (Å²) in [7, 11) is 1.55. The molecule has 0 fully saturated rings. The van der Waals surface area contributed by atoms with E-state index in [-0.39, 0.29) is 18.0 Å². The molecule has 0 aliphatic carbocycles. The number of hydrogen-bond donors (Lipinski definition) is 2. The fourth-order valence-electron chi connectivity index (χ4n) is 0.969. The van der Waals surface area contributed by atoms with Crippen molar-refractivity contribution in [2.75, 3.05) is 20.3 Å². The summed E-state index contributed by atoms with van der Waals surface area (Å²) in [5, 5.41) is 8.59. The molecule has 0 amide bonds. The molecule has 0 aromatic carbocycles. The van der Waals surface area contributed by atoms with Crippen molar-refractivity contribution in [2.24, 2.45) is 0 Å². The van der Waals surface area contributed by atoms with E-state index in [1.165, 1.54) is 0 Å². The van der Waals surface area contributed by atoms with Gasteiger partial charge in [-0.3, -0.25) is 4.79 Å².